The van der Waals surface area contributed by atoms with E-state index < -0.39 is 123 Å². The van der Waals surface area contributed by atoms with E-state index in [1.165, 1.54) is 6.92 Å². The first kappa shape index (κ1) is 51.0. The molecule has 0 amide bonds. The molecule has 9 rings (SSSR count). The fraction of sp³-hybridized carbons (Fsp3) is 0.918. The van der Waals surface area contributed by atoms with Gasteiger partial charge in [-0.2, -0.15) is 0 Å². The van der Waals surface area contributed by atoms with E-state index >= 15 is 0 Å². The number of carbonyl (C=O) groups is 2. The lowest BCUT2D eigenvalue weighted by atomic mass is 9.43. The van der Waals surface area contributed by atoms with E-state index in [1.54, 1.807) is 19.9 Å². The van der Waals surface area contributed by atoms with E-state index in [1.807, 2.05) is 6.92 Å². The number of aliphatic hydroxyl groups excluding tert-OH is 6. The highest BCUT2D eigenvalue weighted by Gasteiger charge is 2.68. The van der Waals surface area contributed by atoms with Crippen LogP contribution in [0.4, 0.5) is 0 Å². The highest BCUT2D eigenvalue weighted by Crippen LogP contribution is 2.70. The Labute approximate surface area is 398 Å². The van der Waals surface area contributed by atoms with Crippen molar-refractivity contribution in [1.29, 1.82) is 0 Å². The zero-order chi connectivity index (χ0) is 48.6. The summed E-state index contributed by atoms with van der Waals surface area (Å²) >= 11 is 0. The monoisotopic (exact) mass is 968 g/mol. The summed E-state index contributed by atoms with van der Waals surface area (Å²) in [4.78, 5) is 24.2. The third-order valence-corrected chi connectivity index (χ3v) is 18.3. The maximum absolute atomic E-state index is 12.6. The SMILES string of the molecule is CC(=O)O[C@H]1C[C@@H](O[C@@H]2[C@@H](O)C[C@@H](O[C@@H]3[C@@H](O)C[C@@H](O[C@H]4CC[C@@]5(C)[C@@H](CC[C@H]6[C@H]5CC[C@]5(C)[C@H](C7=CC(=O)OC7)CC[C@]65O)C4)O[C@@H]3C)O[C@@H]2C)O[C@H](C)[C@@H]1O[C@H]1O[C@@H](CO)[C@H](O)[C@@H](O)[C@@H]1O. The molecule has 0 aromatic heterocycles. The Morgan fingerprint density at radius 3 is 1.94 bits per heavy atom. The summed E-state index contributed by atoms with van der Waals surface area (Å²) in [5.41, 5.74) is 0.0925. The van der Waals surface area contributed by atoms with Gasteiger partial charge in [0.2, 0.25) is 0 Å². The Balaban J connectivity index is 0.746. The maximum Gasteiger partial charge on any atom is 0.331 e. The van der Waals surface area contributed by atoms with Gasteiger partial charge in [-0.25, -0.2) is 4.79 Å². The molecule has 19 heteroatoms. The first-order chi connectivity index (χ1) is 32.2. The Kier molecular flexibility index (Phi) is 14.9. The van der Waals surface area contributed by atoms with E-state index in [2.05, 4.69) is 13.8 Å². The molecule has 9 aliphatic rings. The average molecular weight is 969 g/mol. The van der Waals surface area contributed by atoms with Crippen molar-refractivity contribution in [2.24, 2.45) is 34.5 Å². The number of esters is 2. The number of fused-ring (bicyclic) bond motifs is 5. The lowest BCUT2D eigenvalue weighted by Gasteiger charge is -2.64. The molecular formula is C49H76O19. The molecule has 5 heterocycles. The van der Waals surface area contributed by atoms with Crippen molar-refractivity contribution in [3.05, 3.63) is 11.6 Å². The molecule has 7 N–H and O–H groups in total. The standard InChI is InChI=1S/C49H76O19/c1-22-43(66-38-18-33(53)44(23(2)61-38)67-39-19-34(63-25(4)51)45(24(3)62-39)68-46-42(57)41(56)40(55)35(20-50)65-46)32(52)17-37(60-22)64-28-9-12-47(5)27(16-28)7-8-31-30(47)10-13-48(6)29(11-14-49(31,48)58)26-15-36(54)59-21-26/h15,22-24,27-35,37-46,50,52-53,55-58H,7-14,16-21H2,1-6H3/t22-,23-,24-,27+,28+,29+,30-,31+,32+,33+,34+,35+,37-,38-,39-,40+,41-,42+,43+,44+,45+,46-,47+,48-,49+/m1/s1. The van der Waals surface area contributed by atoms with E-state index in [-0.39, 0.29) is 54.0 Å². The molecule has 0 aromatic carbocycles. The molecule has 19 nitrogen and oxygen atoms in total. The Morgan fingerprint density at radius 2 is 1.34 bits per heavy atom. The molecule has 0 bridgehead atoms. The van der Waals surface area contributed by atoms with Gasteiger partial charge in [-0.15, -0.1) is 0 Å². The Hall–Kier alpha value is -1.92. The molecule has 8 fully saturated rings. The second-order valence-electron chi connectivity index (χ2n) is 22.1. The number of hydrogen-bond acceptors (Lipinski definition) is 19. The van der Waals surface area contributed by atoms with Crippen LogP contribution in [0.3, 0.4) is 0 Å². The van der Waals surface area contributed by atoms with Crippen LogP contribution in [0.2, 0.25) is 0 Å². The van der Waals surface area contributed by atoms with Gasteiger partial charge in [0.25, 0.3) is 0 Å². The summed E-state index contributed by atoms with van der Waals surface area (Å²) in [6.07, 6.45) is -7.65. The molecule has 25 atom stereocenters. The molecule has 4 saturated carbocycles. The lowest BCUT2D eigenvalue weighted by molar-refractivity contribution is -0.355. The van der Waals surface area contributed by atoms with E-state index in [0.717, 1.165) is 63.4 Å². The molecule has 0 radical (unpaired) electrons. The van der Waals surface area contributed by atoms with Crippen molar-refractivity contribution < 1.29 is 92.7 Å². The van der Waals surface area contributed by atoms with Crippen LogP contribution in [-0.2, 0) is 57.0 Å². The smallest absolute Gasteiger partial charge is 0.331 e. The minimum atomic E-state index is -1.68. The van der Waals surface area contributed by atoms with Crippen molar-refractivity contribution in [3.63, 3.8) is 0 Å². The van der Waals surface area contributed by atoms with Gasteiger partial charge in [0.05, 0.1) is 48.8 Å². The fourth-order valence-corrected chi connectivity index (χ4v) is 14.6. The number of ether oxygens (including phenoxy) is 10. The topological polar surface area (TPSA) is 268 Å². The van der Waals surface area contributed by atoms with Crippen molar-refractivity contribution in [2.45, 2.75) is 235 Å². The predicted molar refractivity (Wildman–Crippen MR) is 233 cm³/mol. The summed E-state index contributed by atoms with van der Waals surface area (Å²) in [5.74, 6) is 0.357. The number of cyclic esters (lactones) is 1. The zero-order valence-electron chi connectivity index (χ0n) is 40.2. The molecule has 68 heavy (non-hydrogen) atoms. The van der Waals surface area contributed by atoms with E-state index in [0.29, 0.717) is 18.4 Å². The summed E-state index contributed by atoms with van der Waals surface area (Å²) in [7, 11) is 0. The highest BCUT2D eigenvalue weighted by atomic mass is 16.8. The maximum atomic E-state index is 12.6. The third-order valence-electron chi connectivity index (χ3n) is 18.3. The van der Waals surface area contributed by atoms with Gasteiger partial charge in [0, 0.05) is 37.7 Å². The minimum absolute atomic E-state index is 0.0126. The first-order valence-corrected chi connectivity index (χ1v) is 25.2. The van der Waals surface area contributed by atoms with Crippen molar-refractivity contribution in [2.75, 3.05) is 13.2 Å². The van der Waals surface area contributed by atoms with Gasteiger partial charge in [-0.3, -0.25) is 4.79 Å². The molecule has 386 valence electrons. The molecule has 0 aromatic rings. The number of hydrogen-bond donors (Lipinski definition) is 7. The number of rotatable bonds is 11. The lowest BCUT2D eigenvalue weighted by Crippen LogP contribution is -2.62. The Morgan fingerprint density at radius 1 is 0.706 bits per heavy atom. The summed E-state index contributed by atoms with van der Waals surface area (Å²) in [5, 5.41) is 76.1. The van der Waals surface area contributed by atoms with Crippen LogP contribution in [0.15, 0.2) is 11.6 Å². The molecule has 5 aliphatic heterocycles. The molecule has 0 unspecified atom stereocenters. The summed E-state index contributed by atoms with van der Waals surface area (Å²) in [6, 6.07) is 0. The van der Waals surface area contributed by atoms with Crippen LogP contribution >= 0.6 is 0 Å². The van der Waals surface area contributed by atoms with E-state index in [9.17, 15) is 45.3 Å². The van der Waals surface area contributed by atoms with Crippen LogP contribution in [0, 0.1) is 34.5 Å². The van der Waals surface area contributed by atoms with Crippen LogP contribution < -0.4 is 0 Å². The van der Waals surface area contributed by atoms with Crippen molar-refractivity contribution in [1.82, 2.24) is 0 Å². The average Bonchev–Trinajstić information content (AvgIpc) is 3.83. The van der Waals surface area contributed by atoms with Crippen molar-refractivity contribution >= 4 is 11.9 Å². The predicted octanol–water partition coefficient (Wildman–Crippen LogP) is 1.64. The number of aliphatic hydroxyl groups is 7. The van der Waals surface area contributed by atoms with Gasteiger partial charge >= 0.3 is 11.9 Å². The largest absolute Gasteiger partial charge is 0.459 e. The Bertz CT molecular complexity index is 1810. The van der Waals surface area contributed by atoms with Crippen LogP contribution in [-0.4, -0.2) is 177 Å². The highest BCUT2D eigenvalue weighted by molar-refractivity contribution is 5.85. The van der Waals surface area contributed by atoms with Gasteiger partial charge in [0.15, 0.2) is 25.2 Å². The van der Waals surface area contributed by atoms with Crippen LogP contribution in [0.1, 0.15) is 119 Å². The van der Waals surface area contributed by atoms with Gasteiger partial charge in [-0.1, -0.05) is 13.8 Å². The quantitative estimate of drug-likeness (QED) is 0.115. The van der Waals surface area contributed by atoms with Gasteiger partial charge < -0.3 is 83.1 Å². The molecule has 4 saturated heterocycles. The second kappa shape index (κ2) is 19.8. The number of carbonyl (C=O) groups excluding carboxylic acids is 2. The normalized spacial score (nSPS) is 52.8. The van der Waals surface area contributed by atoms with Crippen LogP contribution in [0.25, 0.3) is 0 Å². The first-order valence-electron chi connectivity index (χ1n) is 25.2. The molecule has 4 aliphatic carbocycles. The van der Waals surface area contributed by atoms with Gasteiger partial charge in [-0.05, 0) is 113 Å². The third kappa shape index (κ3) is 9.36. The zero-order valence-corrected chi connectivity index (χ0v) is 40.2. The van der Waals surface area contributed by atoms with Gasteiger partial charge in [0.1, 0.15) is 55.4 Å². The van der Waals surface area contributed by atoms with Crippen molar-refractivity contribution in [3.8, 4) is 0 Å². The summed E-state index contributed by atoms with van der Waals surface area (Å²) < 4.78 is 60.2. The minimum Gasteiger partial charge on any atom is -0.459 e. The molecule has 0 spiro atoms. The van der Waals surface area contributed by atoms with Crippen LogP contribution in [0.5, 0.6) is 0 Å². The molecular weight excluding hydrogens is 893 g/mol. The summed E-state index contributed by atoms with van der Waals surface area (Å²) in [6.45, 7) is 10.8. The fourth-order valence-electron chi connectivity index (χ4n) is 14.6. The van der Waals surface area contributed by atoms with E-state index in [4.69, 9.17) is 47.4 Å². The second-order valence-corrected chi connectivity index (χ2v) is 22.1.